The number of nitrogens with one attached hydrogen (secondary N) is 2. The first kappa shape index (κ1) is 20.6. The number of hydrogen-bond donors (Lipinski definition) is 2. The van der Waals surface area contributed by atoms with Gasteiger partial charge in [0, 0.05) is 37.2 Å². The summed E-state index contributed by atoms with van der Waals surface area (Å²) in [5.41, 5.74) is 2.36. The summed E-state index contributed by atoms with van der Waals surface area (Å²) in [4.78, 5) is 9.27. The maximum absolute atomic E-state index is 6.12. The minimum Gasteiger partial charge on any atom is -0.377 e. The number of guanidine groups is 1. The number of fused-ring (bicyclic) bond motifs is 1. The number of para-hydroxylation sites is 1. The standard InChI is InChI=1S/C23H34N4O/c1-5-24-22(27-16-18-9-8-14-28-21(18)23(2,3)4)26-15-17-12-13-25-20-11-7-6-10-19(17)20/h6-7,10-13,18,21H,5,8-9,14-16H2,1-4H3,(H2,24,26,27). The number of aromatic nitrogens is 1. The van der Waals surface area contributed by atoms with Gasteiger partial charge in [-0.2, -0.15) is 0 Å². The summed E-state index contributed by atoms with van der Waals surface area (Å²) in [6, 6.07) is 10.3. The average Bonchev–Trinajstić information content (AvgIpc) is 2.69. The zero-order chi connectivity index (χ0) is 20.0. The molecule has 1 aliphatic heterocycles. The minimum atomic E-state index is 0.151. The molecule has 1 aromatic carbocycles. The number of benzene rings is 1. The molecule has 5 heteroatoms. The Labute approximate surface area is 169 Å². The predicted octanol–water partition coefficient (Wildman–Crippen LogP) is 4.13. The van der Waals surface area contributed by atoms with Crippen molar-refractivity contribution < 1.29 is 4.74 Å². The Morgan fingerprint density at radius 3 is 2.82 bits per heavy atom. The Morgan fingerprint density at radius 2 is 2.04 bits per heavy atom. The van der Waals surface area contributed by atoms with Crippen LogP contribution in [0.3, 0.4) is 0 Å². The monoisotopic (exact) mass is 382 g/mol. The van der Waals surface area contributed by atoms with E-state index in [1.165, 1.54) is 12.0 Å². The van der Waals surface area contributed by atoms with Gasteiger partial charge in [-0.05, 0) is 42.9 Å². The van der Waals surface area contributed by atoms with E-state index in [1.54, 1.807) is 0 Å². The van der Waals surface area contributed by atoms with Crippen LogP contribution >= 0.6 is 0 Å². The van der Waals surface area contributed by atoms with E-state index in [0.29, 0.717) is 12.5 Å². The lowest BCUT2D eigenvalue weighted by Gasteiger charge is -2.40. The highest BCUT2D eigenvalue weighted by molar-refractivity contribution is 5.83. The third-order valence-electron chi connectivity index (χ3n) is 5.32. The van der Waals surface area contributed by atoms with E-state index >= 15 is 0 Å². The first-order valence-electron chi connectivity index (χ1n) is 10.5. The van der Waals surface area contributed by atoms with E-state index in [0.717, 1.165) is 43.0 Å². The van der Waals surface area contributed by atoms with Crippen molar-refractivity contribution in [3.63, 3.8) is 0 Å². The number of nitrogens with zero attached hydrogens (tertiary/aromatic N) is 2. The summed E-state index contributed by atoms with van der Waals surface area (Å²) in [6.07, 6.45) is 4.47. The lowest BCUT2D eigenvalue weighted by atomic mass is 9.78. The minimum absolute atomic E-state index is 0.151. The van der Waals surface area contributed by atoms with Crippen LogP contribution in [0.5, 0.6) is 0 Å². The van der Waals surface area contributed by atoms with Crippen molar-refractivity contribution in [1.82, 2.24) is 15.6 Å². The van der Waals surface area contributed by atoms with Gasteiger partial charge in [0.2, 0.25) is 0 Å². The van der Waals surface area contributed by atoms with Gasteiger partial charge in [-0.15, -0.1) is 0 Å². The van der Waals surface area contributed by atoms with Crippen LogP contribution in [0.25, 0.3) is 10.9 Å². The molecule has 0 saturated carbocycles. The van der Waals surface area contributed by atoms with E-state index in [2.05, 4.69) is 61.5 Å². The highest BCUT2D eigenvalue weighted by Crippen LogP contribution is 2.33. The Bertz CT molecular complexity index is 791. The summed E-state index contributed by atoms with van der Waals surface area (Å²) in [6.45, 7) is 12.1. The third-order valence-corrected chi connectivity index (χ3v) is 5.32. The quantitative estimate of drug-likeness (QED) is 0.603. The maximum Gasteiger partial charge on any atom is 0.191 e. The van der Waals surface area contributed by atoms with Crippen LogP contribution in [0.1, 0.15) is 46.1 Å². The fourth-order valence-corrected chi connectivity index (χ4v) is 4.04. The molecular weight excluding hydrogens is 348 g/mol. The second kappa shape index (κ2) is 9.37. The van der Waals surface area contributed by atoms with Crippen molar-refractivity contribution >= 4 is 16.9 Å². The van der Waals surface area contributed by atoms with Crippen molar-refractivity contribution in [3.05, 3.63) is 42.1 Å². The largest absolute Gasteiger partial charge is 0.377 e. The van der Waals surface area contributed by atoms with Crippen molar-refractivity contribution in [2.75, 3.05) is 19.7 Å². The summed E-state index contributed by atoms with van der Waals surface area (Å²) in [5, 5.41) is 8.10. The first-order valence-corrected chi connectivity index (χ1v) is 10.5. The molecule has 2 N–H and O–H groups in total. The molecular formula is C23H34N4O. The molecule has 0 bridgehead atoms. The Kier molecular flexibility index (Phi) is 6.89. The third kappa shape index (κ3) is 5.22. The molecule has 0 radical (unpaired) electrons. The summed E-state index contributed by atoms with van der Waals surface area (Å²) in [7, 11) is 0. The average molecular weight is 383 g/mol. The maximum atomic E-state index is 6.12. The number of rotatable bonds is 5. The van der Waals surface area contributed by atoms with E-state index in [9.17, 15) is 0 Å². The van der Waals surface area contributed by atoms with E-state index in [-0.39, 0.29) is 11.5 Å². The van der Waals surface area contributed by atoms with E-state index in [4.69, 9.17) is 9.73 Å². The van der Waals surface area contributed by atoms with E-state index < -0.39 is 0 Å². The van der Waals surface area contributed by atoms with Gasteiger partial charge in [0.05, 0.1) is 18.2 Å². The Morgan fingerprint density at radius 1 is 1.21 bits per heavy atom. The van der Waals surface area contributed by atoms with Gasteiger partial charge in [-0.3, -0.25) is 4.98 Å². The molecule has 2 atom stereocenters. The SMILES string of the molecule is CCNC(=NCc1ccnc2ccccc12)NCC1CCCOC1C(C)(C)C. The molecule has 5 nitrogen and oxygen atoms in total. The molecule has 1 saturated heterocycles. The van der Waals surface area contributed by atoms with E-state index in [1.807, 2.05) is 18.3 Å². The van der Waals surface area contributed by atoms with Gasteiger partial charge in [0.1, 0.15) is 0 Å². The van der Waals surface area contributed by atoms with Gasteiger partial charge in [-0.25, -0.2) is 4.99 Å². The second-order valence-corrected chi connectivity index (χ2v) is 8.62. The lowest BCUT2D eigenvalue weighted by Crippen LogP contribution is -2.47. The summed E-state index contributed by atoms with van der Waals surface area (Å²) in [5.74, 6) is 1.36. The van der Waals surface area contributed by atoms with Crippen LogP contribution < -0.4 is 10.6 Å². The number of pyridine rings is 1. The summed E-state index contributed by atoms with van der Waals surface area (Å²) < 4.78 is 6.12. The van der Waals surface area contributed by atoms with Crippen molar-refractivity contribution in [2.24, 2.45) is 16.3 Å². The normalized spacial score (nSPS) is 20.9. The van der Waals surface area contributed by atoms with Crippen molar-refractivity contribution in [1.29, 1.82) is 0 Å². The van der Waals surface area contributed by atoms with Crippen LogP contribution in [0.2, 0.25) is 0 Å². The fourth-order valence-electron chi connectivity index (χ4n) is 4.04. The number of aliphatic imine (C=N–C) groups is 1. The van der Waals surface area contributed by atoms with Gasteiger partial charge in [0.15, 0.2) is 5.96 Å². The van der Waals surface area contributed by atoms with Gasteiger partial charge < -0.3 is 15.4 Å². The molecule has 0 spiro atoms. The highest BCUT2D eigenvalue weighted by Gasteiger charge is 2.35. The van der Waals surface area contributed by atoms with Crippen LogP contribution in [0, 0.1) is 11.3 Å². The molecule has 1 fully saturated rings. The van der Waals surface area contributed by atoms with Gasteiger partial charge >= 0.3 is 0 Å². The molecule has 3 rings (SSSR count). The van der Waals surface area contributed by atoms with Gasteiger partial charge in [-0.1, -0.05) is 39.0 Å². The smallest absolute Gasteiger partial charge is 0.191 e. The molecule has 1 aliphatic rings. The van der Waals surface area contributed by atoms with Crippen molar-refractivity contribution in [2.45, 2.75) is 53.2 Å². The molecule has 2 aromatic rings. The number of ether oxygens (including phenoxy) is 1. The molecule has 28 heavy (non-hydrogen) atoms. The topological polar surface area (TPSA) is 58.5 Å². The Balaban J connectivity index is 1.69. The molecule has 0 aliphatic carbocycles. The number of hydrogen-bond acceptors (Lipinski definition) is 3. The predicted molar refractivity (Wildman–Crippen MR) is 116 cm³/mol. The first-order chi connectivity index (χ1) is 13.5. The van der Waals surface area contributed by atoms with Crippen LogP contribution in [-0.4, -0.2) is 36.7 Å². The highest BCUT2D eigenvalue weighted by atomic mass is 16.5. The lowest BCUT2D eigenvalue weighted by molar-refractivity contribution is -0.0835. The van der Waals surface area contributed by atoms with Gasteiger partial charge in [0.25, 0.3) is 0 Å². The van der Waals surface area contributed by atoms with Crippen LogP contribution in [0.4, 0.5) is 0 Å². The fraction of sp³-hybridized carbons (Fsp3) is 0.565. The summed E-state index contributed by atoms with van der Waals surface area (Å²) >= 11 is 0. The molecule has 2 heterocycles. The zero-order valence-corrected chi connectivity index (χ0v) is 17.7. The molecule has 0 amide bonds. The van der Waals surface area contributed by atoms with Crippen molar-refractivity contribution in [3.8, 4) is 0 Å². The zero-order valence-electron chi connectivity index (χ0n) is 17.7. The molecule has 1 aromatic heterocycles. The Hall–Kier alpha value is -2.14. The van der Waals surface area contributed by atoms with Crippen LogP contribution in [-0.2, 0) is 11.3 Å². The molecule has 2 unspecified atom stereocenters. The van der Waals surface area contributed by atoms with Crippen LogP contribution in [0.15, 0.2) is 41.5 Å². The molecule has 152 valence electrons. The second-order valence-electron chi connectivity index (χ2n) is 8.62.